The van der Waals surface area contributed by atoms with E-state index >= 15 is 0 Å². The molecular weight excluding hydrogens is 338 g/mol. The molecule has 1 aliphatic carbocycles. The molecule has 4 heteroatoms. The number of likely N-dealkylation sites (N-methyl/N-ethyl adjacent to an activating group) is 1. The molecule has 0 bridgehead atoms. The van der Waals surface area contributed by atoms with E-state index in [0.717, 1.165) is 44.1 Å². The Morgan fingerprint density at radius 3 is 2.74 bits per heavy atom. The maximum Gasteiger partial charge on any atom is 0.257 e. The second-order valence-corrected chi connectivity index (χ2v) is 7.64. The summed E-state index contributed by atoms with van der Waals surface area (Å²) in [7, 11) is 1.70. The number of hydrogen-bond donors (Lipinski definition) is 2. The van der Waals surface area contributed by atoms with Crippen molar-refractivity contribution in [3.8, 4) is 11.5 Å². The molecule has 0 spiro atoms. The van der Waals surface area contributed by atoms with Crippen LogP contribution in [0.15, 0.2) is 30.4 Å². The van der Waals surface area contributed by atoms with E-state index in [1.54, 1.807) is 24.1 Å². The van der Waals surface area contributed by atoms with Gasteiger partial charge in [0.1, 0.15) is 11.5 Å². The van der Waals surface area contributed by atoms with E-state index in [0.29, 0.717) is 24.1 Å². The molecule has 0 heterocycles. The Hall–Kier alpha value is -2.23. The number of carbonyl (C=O) groups excluding carboxylic acids is 1. The topological polar surface area (TPSA) is 60.8 Å². The number of amides is 1. The van der Waals surface area contributed by atoms with Crippen LogP contribution in [0.3, 0.4) is 0 Å². The number of aromatic hydroxyl groups is 2. The predicted molar refractivity (Wildman–Crippen MR) is 111 cm³/mol. The molecule has 1 aliphatic rings. The Morgan fingerprint density at radius 2 is 2.11 bits per heavy atom. The van der Waals surface area contributed by atoms with Crippen LogP contribution in [-0.4, -0.2) is 34.6 Å². The molecule has 0 radical (unpaired) electrons. The van der Waals surface area contributed by atoms with Gasteiger partial charge in [0, 0.05) is 25.1 Å². The lowest BCUT2D eigenvalue weighted by atomic mass is 9.83. The van der Waals surface area contributed by atoms with Crippen molar-refractivity contribution in [2.75, 3.05) is 13.6 Å². The van der Waals surface area contributed by atoms with Gasteiger partial charge in [-0.15, -0.1) is 6.58 Å². The first-order valence-electron chi connectivity index (χ1n) is 10.0. The summed E-state index contributed by atoms with van der Waals surface area (Å²) in [6.45, 7) is 8.30. The highest BCUT2D eigenvalue weighted by Crippen LogP contribution is 2.44. The van der Waals surface area contributed by atoms with Crippen LogP contribution in [0.2, 0.25) is 0 Å². The molecule has 0 saturated heterocycles. The average molecular weight is 372 g/mol. The summed E-state index contributed by atoms with van der Waals surface area (Å²) < 4.78 is 0. The van der Waals surface area contributed by atoms with E-state index in [2.05, 4.69) is 26.5 Å². The van der Waals surface area contributed by atoms with Gasteiger partial charge in [-0.05, 0) is 50.7 Å². The Morgan fingerprint density at radius 1 is 1.37 bits per heavy atom. The fourth-order valence-electron chi connectivity index (χ4n) is 3.90. The summed E-state index contributed by atoms with van der Waals surface area (Å²) in [5, 5.41) is 21.8. The summed E-state index contributed by atoms with van der Waals surface area (Å²) in [5.41, 5.74) is 2.80. The van der Waals surface area contributed by atoms with Gasteiger partial charge in [-0.1, -0.05) is 37.5 Å². The number of unbranched alkanes of at least 4 members (excludes halogenated alkanes) is 2. The fourth-order valence-corrected chi connectivity index (χ4v) is 3.90. The number of allylic oxidation sites excluding steroid dienone is 2. The highest BCUT2D eigenvalue weighted by molar-refractivity contribution is 5.99. The molecular formula is C23H33NO3. The van der Waals surface area contributed by atoms with Gasteiger partial charge in [0.05, 0.1) is 5.56 Å². The minimum Gasteiger partial charge on any atom is -0.507 e. The Kier molecular flexibility index (Phi) is 7.52. The van der Waals surface area contributed by atoms with Crippen molar-refractivity contribution in [3.63, 3.8) is 0 Å². The van der Waals surface area contributed by atoms with Crippen LogP contribution in [0.25, 0.3) is 0 Å². The molecule has 1 amide bonds. The highest BCUT2D eigenvalue weighted by Gasteiger charge is 2.28. The van der Waals surface area contributed by atoms with Crippen LogP contribution in [0.5, 0.6) is 11.5 Å². The van der Waals surface area contributed by atoms with Crippen molar-refractivity contribution in [1.82, 2.24) is 4.90 Å². The van der Waals surface area contributed by atoms with Crippen LogP contribution >= 0.6 is 0 Å². The lowest BCUT2D eigenvalue weighted by Crippen LogP contribution is -2.28. The van der Waals surface area contributed by atoms with Gasteiger partial charge in [0.2, 0.25) is 0 Å². The lowest BCUT2D eigenvalue weighted by Gasteiger charge is -2.25. The number of aryl methyl sites for hydroxylation is 1. The zero-order chi connectivity index (χ0) is 20.0. The van der Waals surface area contributed by atoms with Crippen LogP contribution in [-0.2, 0) is 6.42 Å². The van der Waals surface area contributed by atoms with E-state index < -0.39 is 0 Å². The largest absolute Gasteiger partial charge is 0.507 e. The van der Waals surface area contributed by atoms with Gasteiger partial charge in [-0.25, -0.2) is 0 Å². The average Bonchev–Trinajstić information content (AvgIpc) is 2.61. The molecule has 0 fully saturated rings. The van der Waals surface area contributed by atoms with Crippen molar-refractivity contribution in [2.45, 2.75) is 64.7 Å². The van der Waals surface area contributed by atoms with E-state index in [1.807, 2.05) is 0 Å². The molecule has 0 saturated carbocycles. The first-order chi connectivity index (χ1) is 12.9. The van der Waals surface area contributed by atoms with Crippen molar-refractivity contribution >= 4 is 5.91 Å². The minimum atomic E-state index is -0.225. The maximum absolute atomic E-state index is 13.0. The van der Waals surface area contributed by atoms with Crippen molar-refractivity contribution in [1.29, 1.82) is 0 Å². The number of phenols is 2. The van der Waals surface area contributed by atoms with Crippen molar-refractivity contribution < 1.29 is 15.0 Å². The number of nitrogens with zero attached hydrogens (tertiary/aromatic N) is 1. The quantitative estimate of drug-likeness (QED) is 0.481. The molecule has 27 heavy (non-hydrogen) atoms. The number of benzene rings is 1. The SMILES string of the molecule is C=CCN(C)C(=O)c1c(CCCCC)cc(O)c(C2C=C(C)CCC2)c1O. The molecule has 1 atom stereocenters. The number of rotatable bonds is 8. The Balaban J connectivity index is 2.54. The summed E-state index contributed by atoms with van der Waals surface area (Å²) >= 11 is 0. The first kappa shape index (κ1) is 21.1. The van der Waals surface area contributed by atoms with Crippen LogP contribution in [0.1, 0.15) is 79.8 Å². The second kappa shape index (κ2) is 9.63. The summed E-state index contributed by atoms with van der Waals surface area (Å²) in [6, 6.07) is 1.69. The van der Waals surface area contributed by atoms with E-state index in [4.69, 9.17) is 0 Å². The molecule has 1 unspecified atom stereocenters. The van der Waals surface area contributed by atoms with Gasteiger partial charge in [-0.2, -0.15) is 0 Å². The third-order valence-electron chi connectivity index (χ3n) is 5.36. The smallest absolute Gasteiger partial charge is 0.257 e. The normalized spacial score (nSPS) is 16.7. The third kappa shape index (κ3) is 4.94. The van der Waals surface area contributed by atoms with E-state index in [-0.39, 0.29) is 23.3 Å². The van der Waals surface area contributed by atoms with Gasteiger partial charge in [0.15, 0.2) is 0 Å². The molecule has 148 valence electrons. The monoisotopic (exact) mass is 371 g/mol. The third-order valence-corrected chi connectivity index (χ3v) is 5.36. The number of hydrogen-bond acceptors (Lipinski definition) is 3. The summed E-state index contributed by atoms with van der Waals surface area (Å²) in [6.07, 6.45) is 10.4. The molecule has 2 N–H and O–H groups in total. The van der Waals surface area contributed by atoms with Crippen LogP contribution in [0, 0.1) is 0 Å². The molecule has 2 rings (SSSR count). The Labute approximate surface area is 163 Å². The molecule has 1 aromatic rings. The van der Waals surface area contributed by atoms with E-state index in [9.17, 15) is 15.0 Å². The van der Waals surface area contributed by atoms with Gasteiger partial charge in [-0.3, -0.25) is 4.79 Å². The van der Waals surface area contributed by atoms with Crippen molar-refractivity contribution in [2.24, 2.45) is 0 Å². The summed E-state index contributed by atoms with van der Waals surface area (Å²) in [5.74, 6) is -0.243. The highest BCUT2D eigenvalue weighted by atomic mass is 16.3. The van der Waals surface area contributed by atoms with Crippen LogP contribution < -0.4 is 0 Å². The second-order valence-electron chi connectivity index (χ2n) is 7.64. The van der Waals surface area contributed by atoms with Crippen molar-refractivity contribution in [3.05, 3.63) is 47.1 Å². The molecule has 0 aromatic heterocycles. The lowest BCUT2D eigenvalue weighted by molar-refractivity contribution is 0.0805. The molecule has 0 aliphatic heterocycles. The minimum absolute atomic E-state index is 0.0558. The van der Waals surface area contributed by atoms with E-state index in [1.165, 1.54) is 5.57 Å². The zero-order valence-electron chi connectivity index (χ0n) is 16.9. The van der Waals surface area contributed by atoms with Gasteiger partial charge in [0.25, 0.3) is 5.91 Å². The first-order valence-corrected chi connectivity index (χ1v) is 10.0. The number of phenolic OH excluding ortho intramolecular Hbond substituents is 2. The predicted octanol–water partition coefficient (Wildman–Crippen LogP) is 5.30. The fraction of sp³-hybridized carbons (Fsp3) is 0.522. The maximum atomic E-state index is 13.0. The number of carbonyl (C=O) groups is 1. The van der Waals surface area contributed by atoms with Gasteiger partial charge >= 0.3 is 0 Å². The zero-order valence-corrected chi connectivity index (χ0v) is 16.9. The summed E-state index contributed by atoms with van der Waals surface area (Å²) in [4.78, 5) is 14.6. The van der Waals surface area contributed by atoms with Gasteiger partial charge < -0.3 is 15.1 Å². The van der Waals surface area contributed by atoms with Crippen LogP contribution in [0.4, 0.5) is 0 Å². The Bertz CT molecular complexity index is 721. The molecule has 1 aromatic carbocycles. The standard InChI is InChI=1S/C23H33NO3/c1-5-7-8-11-18-15-19(25)20(17-12-9-10-16(3)14-17)22(26)21(18)23(27)24(4)13-6-2/h6,14-15,17,25-26H,2,5,7-13H2,1,3-4H3. The molecule has 4 nitrogen and oxygen atoms in total.